The van der Waals surface area contributed by atoms with Crippen LogP contribution < -0.4 is 14.8 Å². The van der Waals surface area contributed by atoms with Crippen LogP contribution in [0.4, 0.5) is 0 Å². The second kappa shape index (κ2) is 5.73. The second-order valence-electron chi connectivity index (χ2n) is 5.21. The number of hydrogen-bond donors (Lipinski definition) is 1. The monoisotopic (exact) mass is 278 g/mol. The van der Waals surface area contributed by atoms with Crippen molar-refractivity contribution in [1.82, 2.24) is 5.32 Å². The molecular formula is C16H21NO3. The summed E-state index contributed by atoms with van der Waals surface area (Å²) < 4.78 is 35.5. The van der Waals surface area contributed by atoms with E-state index >= 15 is 0 Å². The summed E-state index contributed by atoms with van der Waals surface area (Å²) in [5, 5.41) is 2.36. The van der Waals surface area contributed by atoms with E-state index in [1.165, 1.54) is 7.11 Å². The average molecular weight is 278 g/mol. The number of carbonyl (C=O) groups is 1. The predicted octanol–water partition coefficient (Wildman–Crippen LogP) is 2.62. The molecule has 1 aromatic rings. The molecule has 1 heterocycles. The lowest BCUT2D eigenvalue weighted by atomic mass is 9.98. The number of ether oxygens (including phenoxy) is 2. The van der Waals surface area contributed by atoms with Gasteiger partial charge in [-0.3, -0.25) is 4.79 Å². The van der Waals surface area contributed by atoms with Crippen LogP contribution in [0.5, 0.6) is 11.5 Å². The summed E-state index contributed by atoms with van der Waals surface area (Å²) in [7, 11) is 1.53. The minimum atomic E-state index is -1.78. The first-order valence-corrected chi connectivity index (χ1v) is 7.01. The largest absolute Gasteiger partial charge is 0.493 e. The van der Waals surface area contributed by atoms with E-state index in [4.69, 9.17) is 13.6 Å². The van der Waals surface area contributed by atoms with E-state index in [0.29, 0.717) is 29.9 Å². The molecule has 1 amide bonds. The van der Waals surface area contributed by atoms with Crippen LogP contribution in [-0.2, 0) is 4.79 Å². The predicted molar refractivity (Wildman–Crippen MR) is 76.2 cm³/mol. The van der Waals surface area contributed by atoms with Gasteiger partial charge >= 0.3 is 0 Å². The zero-order valence-corrected chi connectivity index (χ0v) is 11.6. The highest BCUT2D eigenvalue weighted by Gasteiger charge is 2.25. The number of amides is 1. The summed E-state index contributed by atoms with van der Waals surface area (Å²) in [6.45, 7) is -1.78. The van der Waals surface area contributed by atoms with E-state index in [1.807, 2.05) is 0 Å². The van der Waals surface area contributed by atoms with Crippen molar-refractivity contribution in [3.05, 3.63) is 23.8 Å². The molecule has 108 valence electrons. The standard InChI is InChI=1S/C16H21NO3/c1-19-14-7-6-11(12-9-16(18)17-10-12)8-15(14)20-13-4-2-3-5-13/h6-8,12-13H,2-5,9-10H2,1H3,(H,17,18)/i10D2,13D. The maximum Gasteiger partial charge on any atom is 0.220 e. The number of rotatable bonds is 4. The van der Waals surface area contributed by atoms with Crippen molar-refractivity contribution in [2.24, 2.45) is 0 Å². The minimum Gasteiger partial charge on any atom is -0.493 e. The van der Waals surface area contributed by atoms with Gasteiger partial charge in [0.2, 0.25) is 5.91 Å². The van der Waals surface area contributed by atoms with Gasteiger partial charge < -0.3 is 14.8 Å². The smallest absolute Gasteiger partial charge is 0.220 e. The number of methoxy groups -OCH3 is 1. The van der Waals surface area contributed by atoms with E-state index in [9.17, 15) is 4.79 Å². The molecule has 0 aromatic heterocycles. The fourth-order valence-corrected chi connectivity index (χ4v) is 2.67. The van der Waals surface area contributed by atoms with Gasteiger partial charge in [-0.05, 0) is 43.4 Å². The molecule has 0 radical (unpaired) electrons. The van der Waals surface area contributed by atoms with Gasteiger partial charge in [-0.25, -0.2) is 0 Å². The Bertz CT molecular complexity index is 615. The number of carbonyl (C=O) groups excluding carboxylic acids is 1. The van der Waals surface area contributed by atoms with Gasteiger partial charge in [-0.2, -0.15) is 0 Å². The lowest BCUT2D eigenvalue weighted by molar-refractivity contribution is -0.119. The Labute approximate surface area is 123 Å². The van der Waals surface area contributed by atoms with Crippen molar-refractivity contribution < 1.29 is 18.4 Å². The van der Waals surface area contributed by atoms with Crippen LogP contribution in [0.3, 0.4) is 0 Å². The first kappa shape index (κ1) is 10.1. The van der Waals surface area contributed by atoms with Gasteiger partial charge in [-0.15, -0.1) is 0 Å². The molecule has 4 heteroatoms. The molecule has 1 N–H and O–H groups in total. The Morgan fingerprint density at radius 2 is 2.15 bits per heavy atom. The van der Waals surface area contributed by atoms with Crippen LogP contribution in [0.25, 0.3) is 0 Å². The molecule has 0 bridgehead atoms. The Hall–Kier alpha value is -1.71. The number of benzene rings is 1. The van der Waals surface area contributed by atoms with Gasteiger partial charge in [0.25, 0.3) is 0 Å². The highest BCUT2D eigenvalue weighted by Crippen LogP contribution is 2.35. The summed E-state index contributed by atoms with van der Waals surface area (Å²) in [4.78, 5) is 11.5. The summed E-state index contributed by atoms with van der Waals surface area (Å²) in [6, 6.07) is 5.16. The molecule has 1 saturated carbocycles. The fourth-order valence-electron chi connectivity index (χ4n) is 2.67. The van der Waals surface area contributed by atoms with Gasteiger partial charge in [0, 0.05) is 21.6 Å². The first-order chi connectivity index (χ1) is 10.8. The van der Waals surface area contributed by atoms with E-state index in [2.05, 4.69) is 5.32 Å². The normalized spacial score (nSPS) is 29.1. The Balaban J connectivity index is 1.91. The zero-order valence-electron chi connectivity index (χ0n) is 14.6. The van der Waals surface area contributed by atoms with Gasteiger partial charge in [0.15, 0.2) is 11.5 Å². The van der Waals surface area contributed by atoms with Gasteiger partial charge in [0.1, 0.15) is 0 Å². The summed E-state index contributed by atoms with van der Waals surface area (Å²) in [5.41, 5.74) is 0.672. The number of nitrogens with one attached hydrogen (secondary N) is 1. The molecular weight excluding hydrogens is 254 g/mol. The van der Waals surface area contributed by atoms with Crippen molar-refractivity contribution in [3.8, 4) is 11.5 Å². The molecule has 2 aliphatic rings. The summed E-state index contributed by atoms with van der Waals surface area (Å²) in [6.07, 6.45) is 2.43. The van der Waals surface area contributed by atoms with Crippen LogP contribution >= 0.6 is 0 Å². The molecule has 0 spiro atoms. The Morgan fingerprint density at radius 1 is 1.35 bits per heavy atom. The van der Waals surface area contributed by atoms with Crippen molar-refractivity contribution in [3.63, 3.8) is 0 Å². The Kier molecular flexibility index (Phi) is 2.89. The van der Waals surface area contributed by atoms with Crippen molar-refractivity contribution in [2.75, 3.05) is 13.6 Å². The molecule has 1 saturated heterocycles. The molecule has 3 rings (SSSR count). The molecule has 2 fully saturated rings. The van der Waals surface area contributed by atoms with Crippen molar-refractivity contribution >= 4 is 5.91 Å². The fraction of sp³-hybridized carbons (Fsp3) is 0.562. The van der Waals surface area contributed by atoms with E-state index < -0.39 is 18.5 Å². The van der Waals surface area contributed by atoms with Crippen LogP contribution in [-0.4, -0.2) is 25.6 Å². The second-order valence-corrected chi connectivity index (χ2v) is 5.21. The molecule has 1 aliphatic carbocycles. The van der Waals surface area contributed by atoms with Gasteiger partial charge in [-0.1, -0.05) is 6.07 Å². The SMILES string of the molecule is [2H]C1(Oc2cc(C3CC(=O)NC3([2H])[2H])ccc2OC)CCCC1. The highest BCUT2D eigenvalue weighted by atomic mass is 16.5. The van der Waals surface area contributed by atoms with E-state index in [-0.39, 0.29) is 12.3 Å². The molecule has 1 aromatic carbocycles. The van der Waals surface area contributed by atoms with Crippen LogP contribution in [0.15, 0.2) is 18.2 Å². The summed E-state index contributed by atoms with van der Waals surface area (Å²) >= 11 is 0. The van der Waals surface area contributed by atoms with Gasteiger partial charge in [0.05, 0.1) is 14.6 Å². The average Bonchev–Trinajstić information content (AvgIpc) is 3.01. The first-order valence-electron chi connectivity index (χ1n) is 8.51. The van der Waals surface area contributed by atoms with E-state index in [0.717, 1.165) is 12.8 Å². The molecule has 1 aliphatic heterocycles. The van der Waals surface area contributed by atoms with Crippen molar-refractivity contribution in [1.29, 1.82) is 0 Å². The third-order valence-corrected chi connectivity index (χ3v) is 3.78. The maximum absolute atomic E-state index is 11.5. The lowest BCUT2D eigenvalue weighted by Crippen LogP contribution is -2.14. The van der Waals surface area contributed by atoms with Crippen LogP contribution in [0, 0.1) is 0 Å². The maximum atomic E-state index is 11.5. The third-order valence-electron chi connectivity index (χ3n) is 3.78. The number of hydrogen-bond acceptors (Lipinski definition) is 3. The highest BCUT2D eigenvalue weighted by molar-refractivity contribution is 5.79. The molecule has 1 atom stereocenters. The van der Waals surface area contributed by atoms with Crippen molar-refractivity contribution in [2.45, 2.75) is 44.1 Å². The van der Waals surface area contributed by atoms with Crippen LogP contribution in [0.1, 0.15) is 47.7 Å². The molecule has 20 heavy (non-hydrogen) atoms. The van der Waals surface area contributed by atoms with Crippen LogP contribution in [0.2, 0.25) is 0 Å². The quantitative estimate of drug-likeness (QED) is 0.921. The summed E-state index contributed by atoms with van der Waals surface area (Å²) in [5.74, 6) is 0.0849. The minimum absolute atomic E-state index is 0.102. The van der Waals surface area contributed by atoms with E-state index in [1.54, 1.807) is 18.2 Å². The lowest BCUT2D eigenvalue weighted by Gasteiger charge is -2.18. The zero-order chi connectivity index (χ0) is 16.7. The molecule has 4 nitrogen and oxygen atoms in total. The third kappa shape index (κ3) is 2.74. The Morgan fingerprint density at radius 3 is 2.80 bits per heavy atom. The molecule has 1 unspecified atom stereocenters. The topological polar surface area (TPSA) is 47.6 Å².